The number of hydrogen-bond acceptors (Lipinski definition) is 1. The molecule has 2 aromatic rings. The summed E-state index contributed by atoms with van der Waals surface area (Å²) in [4.78, 5) is 2.67. The second-order valence-electron chi connectivity index (χ2n) is 4.58. The van der Waals surface area contributed by atoms with Crippen LogP contribution in [0.4, 0.5) is 0 Å². The van der Waals surface area contributed by atoms with Crippen molar-refractivity contribution >= 4 is 16.9 Å². The quantitative estimate of drug-likeness (QED) is 0.588. The fourth-order valence-electron chi connectivity index (χ4n) is 1.93. The van der Waals surface area contributed by atoms with E-state index >= 15 is 0 Å². The summed E-state index contributed by atoms with van der Waals surface area (Å²) in [6, 6.07) is 13.2. The van der Waals surface area contributed by atoms with Crippen molar-refractivity contribution in [3.8, 4) is 10.4 Å². The Morgan fingerprint density at radius 2 is 1.84 bits per heavy atom. The molecule has 0 N–H and O–H groups in total. The van der Waals surface area contributed by atoms with E-state index in [1.165, 1.54) is 26.5 Å². The monoisotopic (exact) mass is 268 g/mol. The molecule has 0 radical (unpaired) electrons. The third-order valence-electron chi connectivity index (χ3n) is 3.07. The third-order valence-corrected chi connectivity index (χ3v) is 4.25. The maximum Gasteiger partial charge on any atom is 0.0349 e. The first-order valence-corrected chi connectivity index (χ1v) is 7.56. The summed E-state index contributed by atoms with van der Waals surface area (Å²) >= 11 is 1.86. The average molecular weight is 268 g/mol. The Bertz CT molecular complexity index is 582. The fraction of sp³-hybridized carbons (Fsp3) is 0.222. The normalized spacial score (nSPS) is 12.3. The Labute approximate surface area is 120 Å². The minimum atomic E-state index is 1.08. The predicted molar refractivity (Wildman–Crippen MR) is 87.6 cm³/mol. The van der Waals surface area contributed by atoms with Gasteiger partial charge in [-0.05, 0) is 43.5 Å². The second-order valence-corrected chi connectivity index (χ2v) is 5.67. The van der Waals surface area contributed by atoms with E-state index in [-0.39, 0.29) is 0 Å². The third kappa shape index (κ3) is 3.45. The van der Waals surface area contributed by atoms with Gasteiger partial charge in [-0.25, -0.2) is 0 Å². The Morgan fingerprint density at radius 3 is 2.47 bits per heavy atom. The second kappa shape index (κ2) is 6.53. The zero-order chi connectivity index (χ0) is 13.7. The van der Waals surface area contributed by atoms with Crippen molar-refractivity contribution in [2.75, 3.05) is 0 Å². The van der Waals surface area contributed by atoms with Gasteiger partial charge in [-0.3, -0.25) is 0 Å². The zero-order valence-corrected chi connectivity index (χ0v) is 12.6. The Hall–Kier alpha value is -1.60. The minimum absolute atomic E-state index is 1.08. The van der Waals surface area contributed by atoms with Crippen LogP contribution in [-0.2, 0) is 0 Å². The smallest absolute Gasteiger partial charge is 0.0349 e. The maximum atomic E-state index is 2.22. The number of thiophene rings is 1. The van der Waals surface area contributed by atoms with Crippen molar-refractivity contribution in [2.24, 2.45) is 0 Å². The van der Waals surface area contributed by atoms with Gasteiger partial charge in [0, 0.05) is 9.75 Å². The van der Waals surface area contributed by atoms with Gasteiger partial charge in [-0.1, -0.05) is 55.0 Å². The highest BCUT2D eigenvalue weighted by molar-refractivity contribution is 7.16. The van der Waals surface area contributed by atoms with Crippen LogP contribution < -0.4 is 0 Å². The molecule has 1 aromatic heterocycles. The van der Waals surface area contributed by atoms with Crippen LogP contribution in [0, 0.1) is 6.92 Å². The van der Waals surface area contributed by atoms with Crippen LogP contribution in [0.1, 0.15) is 30.7 Å². The zero-order valence-electron chi connectivity index (χ0n) is 11.8. The molecule has 0 unspecified atom stereocenters. The van der Waals surface area contributed by atoms with Crippen molar-refractivity contribution in [2.45, 2.75) is 27.2 Å². The first-order chi connectivity index (χ1) is 9.24. The Balaban J connectivity index is 2.28. The molecule has 1 heterocycles. The number of rotatable bonds is 4. The van der Waals surface area contributed by atoms with Crippen LogP contribution in [0.2, 0.25) is 0 Å². The largest absolute Gasteiger partial charge is 0.135 e. The lowest BCUT2D eigenvalue weighted by Crippen LogP contribution is -1.73. The highest BCUT2D eigenvalue weighted by Gasteiger charge is 2.04. The summed E-state index contributed by atoms with van der Waals surface area (Å²) in [5.74, 6) is 0. The number of allylic oxidation sites excluding steroid dienone is 4. The van der Waals surface area contributed by atoms with Crippen LogP contribution in [-0.4, -0.2) is 0 Å². The van der Waals surface area contributed by atoms with E-state index in [4.69, 9.17) is 0 Å². The minimum Gasteiger partial charge on any atom is -0.135 e. The molecule has 0 bridgehead atoms. The summed E-state index contributed by atoms with van der Waals surface area (Å²) in [5, 5.41) is 0. The van der Waals surface area contributed by atoms with Gasteiger partial charge in [-0.15, -0.1) is 11.3 Å². The van der Waals surface area contributed by atoms with Crippen molar-refractivity contribution in [1.29, 1.82) is 0 Å². The highest BCUT2D eigenvalue weighted by Crippen LogP contribution is 2.32. The molecule has 2 rings (SSSR count). The van der Waals surface area contributed by atoms with Crippen molar-refractivity contribution < 1.29 is 0 Å². The molecular formula is C18H20S. The molecular weight excluding hydrogens is 248 g/mol. The molecule has 0 aliphatic carbocycles. The Morgan fingerprint density at radius 1 is 1.11 bits per heavy atom. The van der Waals surface area contributed by atoms with Gasteiger partial charge < -0.3 is 0 Å². The molecule has 0 atom stereocenters. The number of hydrogen-bond donors (Lipinski definition) is 0. The van der Waals surface area contributed by atoms with Crippen LogP contribution >= 0.6 is 11.3 Å². The summed E-state index contributed by atoms with van der Waals surface area (Å²) in [7, 11) is 0. The maximum absolute atomic E-state index is 2.22. The first-order valence-electron chi connectivity index (χ1n) is 6.74. The standard InChI is InChI=1S/C18H20S/c1-4-6-7-15(5-2)17-12-13-18(19-17)16-10-8-14(3)9-11-16/h5-13H,4H2,1-3H3/b7-6-,15-5+. The van der Waals surface area contributed by atoms with Crippen molar-refractivity contribution in [3.05, 3.63) is 65.1 Å². The lowest BCUT2D eigenvalue weighted by molar-refractivity contribution is 1.23. The van der Waals surface area contributed by atoms with E-state index in [9.17, 15) is 0 Å². The van der Waals surface area contributed by atoms with Gasteiger partial charge in [0.2, 0.25) is 0 Å². The van der Waals surface area contributed by atoms with Gasteiger partial charge in [-0.2, -0.15) is 0 Å². The van der Waals surface area contributed by atoms with E-state index in [0.29, 0.717) is 0 Å². The molecule has 0 saturated heterocycles. The van der Waals surface area contributed by atoms with Crippen LogP contribution in [0.25, 0.3) is 16.0 Å². The molecule has 98 valence electrons. The topological polar surface area (TPSA) is 0 Å². The van der Waals surface area contributed by atoms with Crippen molar-refractivity contribution in [1.82, 2.24) is 0 Å². The highest BCUT2D eigenvalue weighted by atomic mass is 32.1. The fourth-order valence-corrected chi connectivity index (χ4v) is 3.00. The molecule has 0 nitrogen and oxygen atoms in total. The molecule has 1 aromatic carbocycles. The number of benzene rings is 1. The molecule has 0 aliphatic heterocycles. The van der Waals surface area contributed by atoms with Gasteiger partial charge in [0.05, 0.1) is 0 Å². The molecule has 0 amide bonds. The van der Waals surface area contributed by atoms with Gasteiger partial charge in [0.15, 0.2) is 0 Å². The molecule has 0 saturated carbocycles. The van der Waals surface area contributed by atoms with E-state index in [2.05, 4.69) is 75.4 Å². The summed E-state index contributed by atoms with van der Waals surface area (Å²) in [6.07, 6.45) is 7.68. The average Bonchev–Trinajstić information content (AvgIpc) is 2.90. The van der Waals surface area contributed by atoms with E-state index in [0.717, 1.165) is 6.42 Å². The van der Waals surface area contributed by atoms with Gasteiger partial charge in [0.1, 0.15) is 0 Å². The molecule has 0 fully saturated rings. The van der Waals surface area contributed by atoms with Gasteiger partial charge >= 0.3 is 0 Å². The SMILES string of the molecule is C/C=C(\C=C/CC)c1ccc(-c2ccc(C)cc2)s1. The molecule has 0 spiro atoms. The summed E-state index contributed by atoms with van der Waals surface area (Å²) in [5.41, 5.74) is 3.92. The van der Waals surface area contributed by atoms with E-state index < -0.39 is 0 Å². The van der Waals surface area contributed by atoms with E-state index in [1.807, 2.05) is 11.3 Å². The predicted octanol–water partition coefficient (Wildman–Crippen LogP) is 6.09. The van der Waals surface area contributed by atoms with Crippen LogP contribution in [0.3, 0.4) is 0 Å². The molecule has 1 heteroatoms. The van der Waals surface area contributed by atoms with E-state index in [1.54, 1.807) is 0 Å². The lowest BCUT2D eigenvalue weighted by atomic mass is 10.1. The van der Waals surface area contributed by atoms with Crippen LogP contribution in [0.15, 0.2) is 54.6 Å². The van der Waals surface area contributed by atoms with Crippen molar-refractivity contribution in [3.63, 3.8) is 0 Å². The first kappa shape index (κ1) is 13.8. The molecule has 0 aliphatic rings. The van der Waals surface area contributed by atoms with Gasteiger partial charge in [0.25, 0.3) is 0 Å². The Kier molecular flexibility index (Phi) is 4.75. The molecule has 19 heavy (non-hydrogen) atoms. The van der Waals surface area contributed by atoms with Crippen LogP contribution in [0.5, 0.6) is 0 Å². The summed E-state index contributed by atoms with van der Waals surface area (Å²) in [6.45, 7) is 6.38. The number of aryl methyl sites for hydroxylation is 1. The lowest BCUT2D eigenvalue weighted by Gasteiger charge is -1.99. The summed E-state index contributed by atoms with van der Waals surface area (Å²) < 4.78 is 0.